The molecule has 1 aromatic carbocycles. The van der Waals surface area contributed by atoms with Gasteiger partial charge in [0.05, 0.1) is 17.4 Å². The average molecular weight is 402 g/mol. The smallest absolute Gasteiger partial charge is 0.263 e. The van der Waals surface area contributed by atoms with E-state index in [0.29, 0.717) is 6.54 Å². The highest BCUT2D eigenvalue weighted by atomic mass is 16.2. The van der Waals surface area contributed by atoms with Crippen molar-refractivity contribution in [2.24, 2.45) is 7.05 Å². The van der Waals surface area contributed by atoms with E-state index in [-0.39, 0.29) is 23.1 Å². The summed E-state index contributed by atoms with van der Waals surface area (Å²) in [4.78, 5) is 32.0. The monoisotopic (exact) mass is 402 g/mol. The maximum absolute atomic E-state index is 12.9. The Hall–Kier alpha value is -3.68. The zero-order valence-electron chi connectivity index (χ0n) is 16.9. The highest BCUT2D eigenvalue weighted by Crippen LogP contribution is 2.19. The van der Waals surface area contributed by atoms with Crippen LogP contribution in [0.2, 0.25) is 0 Å². The molecule has 0 spiro atoms. The summed E-state index contributed by atoms with van der Waals surface area (Å²) in [5.41, 5.74) is 2.48. The fraction of sp³-hybridized carbons (Fsp3) is 0.273. The van der Waals surface area contributed by atoms with Crippen molar-refractivity contribution < 1.29 is 4.79 Å². The third kappa shape index (κ3) is 3.01. The van der Waals surface area contributed by atoms with E-state index in [4.69, 9.17) is 0 Å². The van der Waals surface area contributed by atoms with Crippen LogP contribution in [0, 0.1) is 6.92 Å². The van der Waals surface area contributed by atoms with Crippen molar-refractivity contribution in [2.75, 3.05) is 18.0 Å². The number of carbonyl (C=O) groups excluding carboxylic acids is 1. The fourth-order valence-electron chi connectivity index (χ4n) is 4.08. The third-order valence-electron chi connectivity index (χ3n) is 5.74. The van der Waals surface area contributed by atoms with Gasteiger partial charge in [0.2, 0.25) is 0 Å². The molecule has 1 aliphatic rings. The molecule has 5 rings (SSSR count). The molecule has 0 aliphatic carbocycles. The standard InChI is InChI=1S/C22H22N6O2/c1-14-12-23-19-7-8-20(25-28(14)19)27-10-9-16(13-27)24-21(29)17-11-15-5-3-4-6-18(15)26(2)22(17)30/h3-8,11-12,16H,9-10,13H2,1-2H3,(H,24,29)/t16-/m0/s1. The SMILES string of the molecule is Cc1cnc2ccc(N3CC[C@H](NC(=O)c4cc5ccccc5n(C)c4=O)C3)nn12. The van der Waals surface area contributed by atoms with Crippen LogP contribution in [0.3, 0.4) is 0 Å². The minimum absolute atomic E-state index is 0.0462. The first-order valence-corrected chi connectivity index (χ1v) is 9.97. The van der Waals surface area contributed by atoms with Gasteiger partial charge in [0.25, 0.3) is 11.5 Å². The molecule has 8 nitrogen and oxygen atoms in total. The van der Waals surface area contributed by atoms with E-state index in [9.17, 15) is 9.59 Å². The largest absolute Gasteiger partial charge is 0.353 e. The van der Waals surface area contributed by atoms with Gasteiger partial charge in [-0.05, 0) is 43.0 Å². The number of rotatable bonds is 3. The molecule has 4 heterocycles. The molecule has 1 amide bonds. The summed E-state index contributed by atoms with van der Waals surface area (Å²) in [6.45, 7) is 3.40. The lowest BCUT2D eigenvalue weighted by atomic mass is 10.1. The molecule has 1 N–H and O–H groups in total. The quantitative estimate of drug-likeness (QED) is 0.566. The van der Waals surface area contributed by atoms with Crippen LogP contribution in [-0.2, 0) is 7.05 Å². The molecule has 8 heteroatoms. The second-order valence-corrected chi connectivity index (χ2v) is 7.75. The van der Waals surface area contributed by atoms with Crippen LogP contribution in [-0.4, -0.2) is 44.2 Å². The van der Waals surface area contributed by atoms with Crippen LogP contribution in [0.1, 0.15) is 22.5 Å². The molecular weight excluding hydrogens is 380 g/mol. The molecular formula is C22H22N6O2. The normalized spacial score (nSPS) is 16.5. The number of para-hydroxylation sites is 1. The number of anilines is 1. The van der Waals surface area contributed by atoms with Gasteiger partial charge in [0.15, 0.2) is 5.65 Å². The van der Waals surface area contributed by atoms with Crippen LogP contribution in [0.5, 0.6) is 0 Å². The van der Waals surface area contributed by atoms with E-state index in [2.05, 4.69) is 20.3 Å². The minimum Gasteiger partial charge on any atom is -0.353 e. The first kappa shape index (κ1) is 18.4. The number of hydrogen-bond donors (Lipinski definition) is 1. The molecule has 152 valence electrons. The predicted octanol–water partition coefficient (Wildman–Crippen LogP) is 1.90. The van der Waals surface area contributed by atoms with Crippen molar-refractivity contribution in [3.63, 3.8) is 0 Å². The summed E-state index contributed by atoms with van der Waals surface area (Å²) in [7, 11) is 1.69. The molecule has 0 radical (unpaired) electrons. The Balaban J connectivity index is 1.35. The van der Waals surface area contributed by atoms with E-state index in [0.717, 1.165) is 41.0 Å². The van der Waals surface area contributed by atoms with Crippen LogP contribution in [0.15, 0.2) is 53.5 Å². The van der Waals surface area contributed by atoms with Gasteiger partial charge in [0.1, 0.15) is 11.4 Å². The molecule has 1 aliphatic heterocycles. The number of amides is 1. The molecule has 0 unspecified atom stereocenters. The van der Waals surface area contributed by atoms with Gasteiger partial charge >= 0.3 is 0 Å². The molecule has 3 aromatic heterocycles. The second-order valence-electron chi connectivity index (χ2n) is 7.75. The Morgan fingerprint density at radius 1 is 1.20 bits per heavy atom. The number of nitrogens with zero attached hydrogens (tertiary/aromatic N) is 5. The van der Waals surface area contributed by atoms with Crippen molar-refractivity contribution in [3.8, 4) is 0 Å². The van der Waals surface area contributed by atoms with Gasteiger partial charge < -0.3 is 14.8 Å². The molecule has 30 heavy (non-hydrogen) atoms. The molecule has 4 aromatic rings. The van der Waals surface area contributed by atoms with Crippen molar-refractivity contribution in [3.05, 3.63) is 70.3 Å². The summed E-state index contributed by atoms with van der Waals surface area (Å²) < 4.78 is 3.35. The maximum atomic E-state index is 12.9. The Morgan fingerprint density at radius 2 is 2.03 bits per heavy atom. The molecule has 1 fully saturated rings. The predicted molar refractivity (Wildman–Crippen MR) is 115 cm³/mol. The van der Waals surface area contributed by atoms with Crippen molar-refractivity contribution in [2.45, 2.75) is 19.4 Å². The maximum Gasteiger partial charge on any atom is 0.263 e. The van der Waals surface area contributed by atoms with Gasteiger partial charge in [-0.25, -0.2) is 9.50 Å². The molecule has 0 saturated carbocycles. The van der Waals surface area contributed by atoms with E-state index in [1.165, 1.54) is 4.57 Å². The van der Waals surface area contributed by atoms with Crippen LogP contribution in [0.4, 0.5) is 5.82 Å². The highest BCUT2D eigenvalue weighted by molar-refractivity contribution is 5.97. The summed E-state index contributed by atoms with van der Waals surface area (Å²) in [6, 6.07) is 13.1. The van der Waals surface area contributed by atoms with Gasteiger partial charge in [-0.1, -0.05) is 18.2 Å². The number of aryl methyl sites for hydroxylation is 2. The topological polar surface area (TPSA) is 84.5 Å². The average Bonchev–Trinajstić information content (AvgIpc) is 3.37. The lowest BCUT2D eigenvalue weighted by Gasteiger charge is -2.18. The highest BCUT2D eigenvalue weighted by Gasteiger charge is 2.26. The molecule has 1 saturated heterocycles. The number of carbonyl (C=O) groups is 1. The summed E-state index contributed by atoms with van der Waals surface area (Å²) >= 11 is 0. The first-order valence-electron chi connectivity index (χ1n) is 9.97. The van der Waals surface area contributed by atoms with Crippen LogP contribution < -0.4 is 15.8 Å². The molecule has 1 atom stereocenters. The van der Waals surface area contributed by atoms with E-state index in [1.54, 1.807) is 19.3 Å². The number of nitrogens with one attached hydrogen (secondary N) is 1. The fourth-order valence-corrected chi connectivity index (χ4v) is 4.08. The third-order valence-corrected chi connectivity index (χ3v) is 5.74. The van der Waals surface area contributed by atoms with Gasteiger partial charge in [-0.15, -0.1) is 5.10 Å². The Morgan fingerprint density at radius 3 is 2.90 bits per heavy atom. The number of benzene rings is 1. The van der Waals surface area contributed by atoms with Gasteiger partial charge in [-0.2, -0.15) is 0 Å². The minimum atomic E-state index is -0.331. The summed E-state index contributed by atoms with van der Waals surface area (Å²) in [6.07, 6.45) is 2.59. The summed E-state index contributed by atoms with van der Waals surface area (Å²) in [5.74, 6) is 0.518. The Labute approximate surface area is 172 Å². The second kappa shape index (κ2) is 6.98. The number of fused-ring (bicyclic) bond motifs is 2. The molecule has 0 bridgehead atoms. The number of hydrogen-bond acceptors (Lipinski definition) is 5. The van der Waals surface area contributed by atoms with E-state index < -0.39 is 0 Å². The van der Waals surface area contributed by atoms with Crippen molar-refractivity contribution in [1.82, 2.24) is 24.5 Å². The Kier molecular flexibility index (Phi) is 4.27. The first-order chi connectivity index (χ1) is 14.5. The lowest BCUT2D eigenvalue weighted by molar-refractivity contribution is 0.0938. The zero-order valence-corrected chi connectivity index (χ0v) is 16.9. The van der Waals surface area contributed by atoms with E-state index >= 15 is 0 Å². The Bertz CT molecular complexity index is 1340. The van der Waals surface area contributed by atoms with Crippen LogP contribution in [0.25, 0.3) is 16.6 Å². The van der Waals surface area contributed by atoms with Gasteiger partial charge in [0, 0.05) is 26.2 Å². The van der Waals surface area contributed by atoms with Gasteiger partial charge in [-0.3, -0.25) is 9.59 Å². The van der Waals surface area contributed by atoms with Crippen molar-refractivity contribution in [1.29, 1.82) is 0 Å². The lowest BCUT2D eigenvalue weighted by Crippen LogP contribution is -2.40. The van der Waals surface area contributed by atoms with E-state index in [1.807, 2.05) is 47.8 Å². The number of aromatic nitrogens is 4. The van der Waals surface area contributed by atoms with Crippen molar-refractivity contribution >= 4 is 28.3 Å². The number of pyridine rings is 1. The summed E-state index contributed by atoms with van der Waals surface area (Å²) in [5, 5.41) is 8.56. The van der Waals surface area contributed by atoms with Crippen LogP contribution >= 0.6 is 0 Å². The zero-order chi connectivity index (χ0) is 20.8. The number of imidazole rings is 1.